The van der Waals surface area contributed by atoms with Crippen LogP contribution in [0.3, 0.4) is 0 Å². The van der Waals surface area contributed by atoms with Crippen LogP contribution in [0.25, 0.3) is 0 Å². The number of nitrogens with zero attached hydrogens (tertiary/aromatic N) is 1. The molecule has 202 valence electrons. The van der Waals surface area contributed by atoms with E-state index >= 15 is 0 Å². The number of rotatable bonds is 11. The minimum Gasteiger partial charge on any atom is -0.455 e. The largest absolute Gasteiger partial charge is 0.455 e. The molecule has 0 amide bonds. The predicted octanol–water partition coefficient (Wildman–Crippen LogP) is 6.73. The van der Waals surface area contributed by atoms with E-state index in [2.05, 4.69) is 13.8 Å². The number of hydrogen-bond acceptors (Lipinski definition) is 7. The molecule has 6 atom stereocenters. The van der Waals surface area contributed by atoms with Gasteiger partial charge >= 0.3 is 5.97 Å². The van der Waals surface area contributed by atoms with Gasteiger partial charge in [0.2, 0.25) is 0 Å². The van der Waals surface area contributed by atoms with Crippen LogP contribution in [0, 0.1) is 30.1 Å². The van der Waals surface area contributed by atoms with Gasteiger partial charge in [0, 0.05) is 37.2 Å². The topological polar surface area (TPSA) is 74.7 Å². The van der Waals surface area contributed by atoms with E-state index in [1.165, 1.54) is 24.6 Å². The fourth-order valence-corrected chi connectivity index (χ4v) is 8.22. The second-order valence-electron chi connectivity index (χ2n) is 11.5. The van der Waals surface area contributed by atoms with Gasteiger partial charge in [-0.05, 0) is 82.0 Å². The molecule has 4 rings (SSSR count). The molecule has 36 heavy (non-hydrogen) atoms. The number of carbonyl (C=O) groups excluding carboxylic acids is 2. The fourth-order valence-electron chi connectivity index (χ4n) is 7.11. The van der Waals surface area contributed by atoms with Gasteiger partial charge in [-0.15, -0.1) is 11.3 Å². The maximum Gasteiger partial charge on any atom is 0.303 e. The number of fused-ring (bicyclic) bond motifs is 1. The van der Waals surface area contributed by atoms with Gasteiger partial charge in [0.05, 0.1) is 12.3 Å². The Morgan fingerprint density at radius 1 is 1.22 bits per heavy atom. The van der Waals surface area contributed by atoms with Crippen molar-refractivity contribution in [3.63, 3.8) is 0 Å². The summed E-state index contributed by atoms with van der Waals surface area (Å²) in [5.41, 5.74) is 1.18. The number of esters is 1. The van der Waals surface area contributed by atoms with Crippen LogP contribution in [0.2, 0.25) is 0 Å². The summed E-state index contributed by atoms with van der Waals surface area (Å²) in [6, 6.07) is 0. The second kappa shape index (κ2) is 12.5. The standard InChI is InChI=1S/C29H45NO5S/c1-19(22-13-14-23-24(32)10-8-16-29(22,23)4)9-7-11-25(35-21(3)31)28-30-20(2)26(36-28)15-18-34-27-12-5-6-17-33-27/h19,22-23,25,27H,5-18H2,1-4H3/t19?,22-,23+,25?,27?,29-/m1/s1. The van der Waals surface area contributed by atoms with Crippen LogP contribution in [0.5, 0.6) is 0 Å². The van der Waals surface area contributed by atoms with E-state index in [0.717, 1.165) is 81.5 Å². The quantitative estimate of drug-likeness (QED) is 0.302. The van der Waals surface area contributed by atoms with Crippen molar-refractivity contribution in [3.8, 4) is 0 Å². The summed E-state index contributed by atoms with van der Waals surface area (Å²) in [5.74, 6) is 1.70. The SMILES string of the molecule is CC(=O)OC(CCCC(C)[C@H]1CC[C@H]2C(=O)CCC[C@]12C)c1nc(C)c(CCOC2CCCCO2)s1. The fraction of sp³-hybridized carbons (Fsp3) is 0.828. The van der Waals surface area contributed by atoms with E-state index < -0.39 is 0 Å². The van der Waals surface area contributed by atoms with Crippen LogP contribution in [-0.4, -0.2) is 36.2 Å². The second-order valence-corrected chi connectivity index (χ2v) is 12.7. The van der Waals surface area contributed by atoms with E-state index in [9.17, 15) is 9.59 Å². The maximum atomic E-state index is 12.5. The van der Waals surface area contributed by atoms with Crippen molar-refractivity contribution in [2.45, 2.75) is 117 Å². The van der Waals surface area contributed by atoms with Crippen LogP contribution < -0.4 is 0 Å². The van der Waals surface area contributed by atoms with Crippen LogP contribution in [0.4, 0.5) is 0 Å². The molecule has 0 radical (unpaired) electrons. The number of carbonyl (C=O) groups is 2. The lowest BCUT2D eigenvalue weighted by Gasteiger charge is -2.42. The van der Waals surface area contributed by atoms with Crippen molar-refractivity contribution in [1.82, 2.24) is 4.98 Å². The zero-order valence-corrected chi connectivity index (χ0v) is 23.5. The van der Waals surface area contributed by atoms with Crippen molar-refractivity contribution >= 4 is 23.1 Å². The number of aromatic nitrogens is 1. The number of thiazole rings is 1. The first-order chi connectivity index (χ1) is 17.3. The summed E-state index contributed by atoms with van der Waals surface area (Å²) in [6.07, 6.45) is 11.8. The van der Waals surface area contributed by atoms with Gasteiger partial charge in [-0.25, -0.2) is 4.98 Å². The minimum atomic E-state index is -0.294. The van der Waals surface area contributed by atoms with Gasteiger partial charge in [0.15, 0.2) is 12.4 Å². The average Bonchev–Trinajstić information content (AvgIpc) is 3.39. The first-order valence-corrected chi connectivity index (χ1v) is 15.0. The molecule has 1 saturated heterocycles. The number of Topliss-reactive ketones (excluding diaryl/α,β-unsaturated/α-hetero) is 1. The smallest absolute Gasteiger partial charge is 0.303 e. The Morgan fingerprint density at radius 3 is 2.81 bits per heavy atom. The molecule has 0 N–H and O–H groups in total. The van der Waals surface area contributed by atoms with Crippen molar-refractivity contribution in [2.75, 3.05) is 13.2 Å². The van der Waals surface area contributed by atoms with Gasteiger partial charge in [-0.1, -0.05) is 20.3 Å². The van der Waals surface area contributed by atoms with E-state index in [0.29, 0.717) is 24.2 Å². The van der Waals surface area contributed by atoms with E-state index in [-0.39, 0.29) is 29.7 Å². The van der Waals surface area contributed by atoms with E-state index in [1.54, 1.807) is 11.3 Å². The molecule has 6 nitrogen and oxygen atoms in total. The molecule has 0 aromatic carbocycles. The molecule has 3 fully saturated rings. The molecule has 1 aromatic heterocycles. The molecule has 2 saturated carbocycles. The van der Waals surface area contributed by atoms with Gasteiger partial charge in [0.25, 0.3) is 0 Å². The molecule has 3 aliphatic rings. The highest BCUT2D eigenvalue weighted by Gasteiger charge is 2.52. The molecule has 2 heterocycles. The maximum absolute atomic E-state index is 12.5. The van der Waals surface area contributed by atoms with Crippen molar-refractivity contribution in [2.24, 2.45) is 23.2 Å². The summed E-state index contributed by atoms with van der Waals surface area (Å²) in [6.45, 7) is 9.65. The Morgan fingerprint density at radius 2 is 2.06 bits per heavy atom. The monoisotopic (exact) mass is 519 g/mol. The molecular formula is C29H45NO5S. The summed E-state index contributed by atoms with van der Waals surface area (Å²) < 4.78 is 17.3. The first kappa shape index (κ1) is 27.7. The Balaban J connectivity index is 1.30. The summed E-state index contributed by atoms with van der Waals surface area (Å²) in [5, 5.41) is 0.894. The lowest BCUT2D eigenvalue weighted by Crippen LogP contribution is -2.39. The highest BCUT2D eigenvalue weighted by Crippen LogP contribution is 2.57. The van der Waals surface area contributed by atoms with E-state index in [4.69, 9.17) is 19.2 Å². The number of aryl methyl sites for hydroxylation is 1. The highest BCUT2D eigenvalue weighted by molar-refractivity contribution is 7.11. The molecular weight excluding hydrogens is 474 g/mol. The molecule has 0 bridgehead atoms. The molecule has 0 spiro atoms. The Bertz CT molecular complexity index is 894. The summed E-state index contributed by atoms with van der Waals surface area (Å²) >= 11 is 1.65. The Kier molecular flexibility index (Phi) is 9.62. The van der Waals surface area contributed by atoms with Crippen molar-refractivity contribution < 1.29 is 23.8 Å². The number of ketones is 1. The van der Waals surface area contributed by atoms with Gasteiger partial charge in [-0.2, -0.15) is 0 Å². The van der Waals surface area contributed by atoms with Gasteiger partial charge in [0.1, 0.15) is 10.8 Å². The molecule has 7 heteroatoms. The third kappa shape index (κ3) is 6.57. The normalized spacial score (nSPS) is 30.1. The van der Waals surface area contributed by atoms with Gasteiger partial charge in [-0.3, -0.25) is 9.59 Å². The molecule has 1 aromatic rings. The lowest BCUT2D eigenvalue weighted by atomic mass is 9.62. The number of hydrogen-bond donors (Lipinski definition) is 0. The van der Waals surface area contributed by atoms with Crippen molar-refractivity contribution in [1.29, 1.82) is 0 Å². The third-order valence-electron chi connectivity index (χ3n) is 9.01. The minimum absolute atomic E-state index is 0.0774. The lowest BCUT2D eigenvalue weighted by molar-refractivity contribution is -0.161. The first-order valence-electron chi connectivity index (χ1n) is 14.2. The van der Waals surface area contributed by atoms with Gasteiger partial charge < -0.3 is 14.2 Å². The number of ether oxygens (including phenoxy) is 3. The van der Waals surface area contributed by atoms with Crippen LogP contribution in [0.1, 0.15) is 113 Å². The Hall–Kier alpha value is -1.31. The van der Waals surface area contributed by atoms with Crippen LogP contribution in [0.15, 0.2) is 0 Å². The zero-order valence-electron chi connectivity index (χ0n) is 22.7. The molecule has 2 aliphatic carbocycles. The van der Waals surface area contributed by atoms with E-state index in [1.807, 2.05) is 6.92 Å². The summed E-state index contributed by atoms with van der Waals surface area (Å²) in [7, 11) is 0. The summed E-state index contributed by atoms with van der Waals surface area (Å²) in [4.78, 5) is 30.4. The van der Waals surface area contributed by atoms with Crippen LogP contribution in [-0.2, 0) is 30.2 Å². The highest BCUT2D eigenvalue weighted by atomic mass is 32.1. The molecule has 3 unspecified atom stereocenters. The zero-order chi connectivity index (χ0) is 25.7. The molecule has 1 aliphatic heterocycles. The predicted molar refractivity (Wildman–Crippen MR) is 141 cm³/mol. The van der Waals surface area contributed by atoms with Crippen molar-refractivity contribution in [3.05, 3.63) is 15.6 Å². The van der Waals surface area contributed by atoms with Crippen LogP contribution >= 0.6 is 11.3 Å². The average molecular weight is 520 g/mol. The Labute approximate surface area is 220 Å². The third-order valence-corrected chi connectivity index (χ3v) is 10.3.